The highest BCUT2D eigenvalue weighted by atomic mass is 14.2. The molecule has 0 saturated carbocycles. The highest BCUT2D eigenvalue weighted by Crippen LogP contribution is 2.29. The molecule has 0 heteroatoms. The van der Waals surface area contributed by atoms with Crippen LogP contribution in [0.4, 0.5) is 0 Å². The van der Waals surface area contributed by atoms with E-state index in [4.69, 9.17) is 0 Å². The number of allylic oxidation sites excluding steroid dienone is 6. The molecule has 0 aromatic carbocycles. The number of rotatable bonds is 1. The van der Waals surface area contributed by atoms with Gasteiger partial charge < -0.3 is 0 Å². The lowest BCUT2D eigenvalue weighted by Gasteiger charge is -2.18. The predicted molar refractivity (Wildman–Crippen MR) is 62.2 cm³/mol. The normalized spacial score (nSPS) is 27.9. The summed E-state index contributed by atoms with van der Waals surface area (Å²) in [5.74, 6) is 0.720. The van der Waals surface area contributed by atoms with Gasteiger partial charge in [0.2, 0.25) is 0 Å². The van der Waals surface area contributed by atoms with Crippen LogP contribution >= 0.6 is 0 Å². The van der Waals surface area contributed by atoms with Gasteiger partial charge in [-0.25, -0.2) is 0 Å². The molecule has 0 radical (unpaired) electrons. The summed E-state index contributed by atoms with van der Waals surface area (Å²) in [6.07, 6.45) is 17.6. The fourth-order valence-corrected chi connectivity index (χ4v) is 2.48. The number of hydrogen-bond donors (Lipinski definition) is 0. The van der Waals surface area contributed by atoms with Crippen LogP contribution in [0.5, 0.6) is 0 Å². The third kappa shape index (κ3) is 2.37. The Balaban J connectivity index is 2.06. The van der Waals surface area contributed by atoms with E-state index in [1.807, 2.05) is 0 Å². The van der Waals surface area contributed by atoms with Gasteiger partial charge in [-0.15, -0.1) is 0 Å². The lowest BCUT2D eigenvalue weighted by molar-refractivity contribution is 0.665. The summed E-state index contributed by atoms with van der Waals surface area (Å²) in [6.45, 7) is 2.21. The summed E-state index contributed by atoms with van der Waals surface area (Å²) in [7, 11) is 0. The zero-order valence-corrected chi connectivity index (χ0v) is 9.13. The van der Waals surface area contributed by atoms with Gasteiger partial charge in [-0.3, -0.25) is 0 Å². The summed E-state index contributed by atoms with van der Waals surface area (Å²) >= 11 is 0. The lowest BCUT2D eigenvalue weighted by Crippen LogP contribution is -2.03. The fourth-order valence-electron chi connectivity index (χ4n) is 2.48. The maximum Gasteiger partial charge on any atom is 0.00170 e. The zero-order chi connectivity index (χ0) is 9.80. The van der Waals surface area contributed by atoms with E-state index < -0.39 is 0 Å². The lowest BCUT2D eigenvalue weighted by atomic mass is 9.87. The molecule has 0 spiro atoms. The molecule has 0 saturated heterocycles. The summed E-state index contributed by atoms with van der Waals surface area (Å²) in [5.41, 5.74) is 3.14. The Morgan fingerprint density at radius 2 is 2.14 bits per heavy atom. The van der Waals surface area contributed by atoms with Crippen LogP contribution in [-0.2, 0) is 0 Å². The minimum absolute atomic E-state index is 0.720. The largest absolute Gasteiger partial charge is 0.0847 e. The average Bonchev–Trinajstić information content (AvgIpc) is 2.45. The van der Waals surface area contributed by atoms with Crippen LogP contribution in [-0.4, -0.2) is 0 Å². The van der Waals surface area contributed by atoms with Gasteiger partial charge in [-0.05, 0) is 39.0 Å². The Bertz CT molecular complexity index is 278. The summed E-state index contributed by atoms with van der Waals surface area (Å²) in [4.78, 5) is 0. The maximum atomic E-state index is 2.50. The summed E-state index contributed by atoms with van der Waals surface area (Å²) in [5, 5.41) is 0. The van der Waals surface area contributed by atoms with Crippen molar-refractivity contribution in [3.63, 3.8) is 0 Å². The SMILES string of the molecule is CC1=CC(C2=CCCCCC2)CC=C1. The summed E-state index contributed by atoms with van der Waals surface area (Å²) in [6, 6.07) is 0. The average molecular weight is 188 g/mol. The molecule has 2 aliphatic carbocycles. The Kier molecular flexibility index (Phi) is 3.23. The van der Waals surface area contributed by atoms with E-state index in [9.17, 15) is 0 Å². The molecule has 0 bridgehead atoms. The van der Waals surface area contributed by atoms with Crippen molar-refractivity contribution < 1.29 is 0 Å². The molecule has 0 aliphatic heterocycles. The van der Waals surface area contributed by atoms with Crippen molar-refractivity contribution in [2.24, 2.45) is 5.92 Å². The Morgan fingerprint density at radius 3 is 3.00 bits per heavy atom. The van der Waals surface area contributed by atoms with E-state index in [-0.39, 0.29) is 0 Å². The van der Waals surface area contributed by atoms with Crippen molar-refractivity contribution >= 4 is 0 Å². The Hall–Kier alpha value is -0.780. The second-order valence-corrected chi connectivity index (χ2v) is 4.53. The van der Waals surface area contributed by atoms with Gasteiger partial charge in [0.1, 0.15) is 0 Å². The molecule has 0 aromatic rings. The third-order valence-corrected chi connectivity index (χ3v) is 3.29. The molecule has 0 fully saturated rings. The molecule has 2 rings (SSSR count). The van der Waals surface area contributed by atoms with Gasteiger partial charge in [-0.1, -0.05) is 41.9 Å². The van der Waals surface area contributed by atoms with Gasteiger partial charge in [0, 0.05) is 5.92 Å². The zero-order valence-electron chi connectivity index (χ0n) is 9.13. The van der Waals surface area contributed by atoms with Crippen molar-refractivity contribution in [2.45, 2.75) is 45.4 Å². The first-order chi connectivity index (χ1) is 6.86. The highest BCUT2D eigenvalue weighted by molar-refractivity contribution is 5.28. The second kappa shape index (κ2) is 4.63. The van der Waals surface area contributed by atoms with E-state index in [0.717, 1.165) is 5.92 Å². The molecular weight excluding hydrogens is 168 g/mol. The van der Waals surface area contributed by atoms with Crippen molar-refractivity contribution in [1.82, 2.24) is 0 Å². The van der Waals surface area contributed by atoms with Crippen molar-refractivity contribution in [2.75, 3.05) is 0 Å². The third-order valence-electron chi connectivity index (χ3n) is 3.29. The van der Waals surface area contributed by atoms with Gasteiger partial charge in [0.05, 0.1) is 0 Å². The Morgan fingerprint density at radius 1 is 1.21 bits per heavy atom. The van der Waals surface area contributed by atoms with E-state index >= 15 is 0 Å². The summed E-state index contributed by atoms with van der Waals surface area (Å²) < 4.78 is 0. The molecule has 14 heavy (non-hydrogen) atoms. The quantitative estimate of drug-likeness (QED) is 0.535. The van der Waals surface area contributed by atoms with E-state index in [0.29, 0.717) is 0 Å². The monoisotopic (exact) mass is 188 g/mol. The smallest absolute Gasteiger partial charge is 0.00170 e. The van der Waals surface area contributed by atoms with Crippen LogP contribution in [0, 0.1) is 5.92 Å². The van der Waals surface area contributed by atoms with Gasteiger partial charge >= 0.3 is 0 Å². The van der Waals surface area contributed by atoms with Gasteiger partial charge in [0.15, 0.2) is 0 Å². The molecule has 0 amide bonds. The molecule has 2 aliphatic rings. The van der Waals surface area contributed by atoms with E-state index in [2.05, 4.69) is 31.2 Å². The molecule has 0 aromatic heterocycles. The maximum absolute atomic E-state index is 2.50. The molecule has 0 heterocycles. The second-order valence-electron chi connectivity index (χ2n) is 4.53. The fraction of sp³-hybridized carbons (Fsp3) is 0.571. The van der Waals surface area contributed by atoms with Crippen LogP contribution < -0.4 is 0 Å². The first-order valence-corrected chi connectivity index (χ1v) is 5.90. The number of hydrogen-bond acceptors (Lipinski definition) is 0. The van der Waals surface area contributed by atoms with Crippen LogP contribution in [0.3, 0.4) is 0 Å². The van der Waals surface area contributed by atoms with E-state index in [1.165, 1.54) is 44.1 Å². The van der Waals surface area contributed by atoms with Crippen molar-refractivity contribution in [3.05, 3.63) is 35.5 Å². The first-order valence-electron chi connectivity index (χ1n) is 5.90. The van der Waals surface area contributed by atoms with Crippen molar-refractivity contribution in [3.8, 4) is 0 Å². The first kappa shape index (κ1) is 9.76. The Labute approximate surface area is 87.4 Å². The van der Waals surface area contributed by atoms with E-state index in [1.54, 1.807) is 5.57 Å². The van der Waals surface area contributed by atoms with Crippen LogP contribution in [0.25, 0.3) is 0 Å². The minimum Gasteiger partial charge on any atom is -0.0847 e. The molecule has 1 atom stereocenters. The molecular formula is C14H20. The molecule has 1 unspecified atom stereocenters. The minimum atomic E-state index is 0.720. The molecule has 76 valence electrons. The standard InChI is InChI=1S/C14H20/c1-12-7-6-10-14(11-12)13-8-4-2-3-5-9-13/h6-8,11,14H,2-5,9-10H2,1H3. The highest BCUT2D eigenvalue weighted by Gasteiger charge is 2.13. The molecule has 0 N–H and O–H groups in total. The predicted octanol–water partition coefficient (Wildman–Crippen LogP) is 4.40. The van der Waals surface area contributed by atoms with Crippen LogP contribution in [0.15, 0.2) is 35.5 Å². The molecule has 0 nitrogen and oxygen atoms in total. The van der Waals surface area contributed by atoms with Crippen LogP contribution in [0.1, 0.15) is 45.4 Å². The van der Waals surface area contributed by atoms with Gasteiger partial charge in [0.25, 0.3) is 0 Å². The van der Waals surface area contributed by atoms with Crippen LogP contribution in [0.2, 0.25) is 0 Å². The van der Waals surface area contributed by atoms with Gasteiger partial charge in [-0.2, -0.15) is 0 Å². The topological polar surface area (TPSA) is 0 Å². The van der Waals surface area contributed by atoms with Crippen molar-refractivity contribution in [1.29, 1.82) is 0 Å².